The maximum Gasteiger partial charge on any atom is 0.249 e. The average molecular weight is 1220 g/mol. The Morgan fingerprint density at radius 1 is 0.330 bits per heavy atom. The number of hydrogen-bond acceptors (Lipinski definition) is 2. The minimum Gasteiger partial charge on any atom is -0.310 e. The fourth-order valence-electron chi connectivity index (χ4n) is 15.5. The van der Waals surface area contributed by atoms with E-state index in [1.54, 1.807) is 11.8 Å². The van der Waals surface area contributed by atoms with Crippen molar-refractivity contribution in [3.8, 4) is 61.6 Å². The Morgan fingerprint density at radius 3 is 1.38 bits per heavy atom. The third kappa shape index (κ3) is 8.42. The highest BCUT2D eigenvalue weighted by atomic mass is 32.2. The molecule has 2 aliphatic heterocycles. The van der Waals surface area contributed by atoms with Crippen molar-refractivity contribution in [2.24, 2.45) is 0 Å². The van der Waals surface area contributed by atoms with Crippen LogP contribution in [-0.4, -0.2) is 20.4 Å². The van der Waals surface area contributed by atoms with Gasteiger partial charge in [-0.2, -0.15) is 0 Å². The molecular weight excluding hydrogens is 1160 g/mol. The molecule has 0 atom stereocenters. The van der Waals surface area contributed by atoms with E-state index in [4.69, 9.17) is 1.37 Å². The maximum absolute atomic E-state index is 9.87. The van der Waals surface area contributed by atoms with Crippen molar-refractivity contribution in [3.05, 3.63) is 321 Å². The molecule has 0 bridgehead atoms. The molecule has 0 saturated heterocycles. The van der Waals surface area contributed by atoms with E-state index < -0.39 is 0 Å². The van der Waals surface area contributed by atoms with Crippen LogP contribution < -0.4 is 21.3 Å². The summed E-state index contributed by atoms with van der Waals surface area (Å²) in [5.74, 6) is 0. The molecule has 0 radical (unpaired) electrons. The van der Waals surface area contributed by atoms with Gasteiger partial charge in [0.25, 0.3) is 0 Å². The maximum atomic E-state index is 9.87. The zero-order valence-electron chi connectivity index (χ0n) is 56.0. The van der Waals surface area contributed by atoms with Crippen molar-refractivity contribution < 1.29 is 5.48 Å². The highest BCUT2D eigenvalue weighted by Crippen LogP contribution is 2.51. The van der Waals surface area contributed by atoms with Crippen molar-refractivity contribution >= 4 is 117 Å². The van der Waals surface area contributed by atoms with Gasteiger partial charge >= 0.3 is 0 Å². The molecule has 0 N–H and O–H groups in total. The van der Waals surface area contributed by atoms with Gasteiger partial charge in [-0.3, -0.25) is 0 Å². The van der Waals surface area contributed by atoms with Crippen LogP contribution in [0.4, 0.5) is 17.1 Å². The first-order valence-electron chi connectivity index (χ1n) is 34.3. The van der Waals surface area contributed by atoms with Crippen molar-refractivity contribution in [1.29, 1.82) is 0 Å². The second kappa shape index (κ2) is 21.1. The Balaban J connectivity index is 0.901. The van der Waals surface area contributed by atoms with Crippen molar-refractivity contribution in [2.75, 3.05) is 4.90 Å². The fraction of sp³-hybridized carbons (Fsp3) is 0.0455. The minimum atomic E-state index is -0.286. The highest BCUT2D eigenvalue weighted by Gasteiger charge is 2.43. The molecule has 442 valence electrons. The summed E-state index contributed by atoms with van der Waals surface area (Å²) in [4.78, 5) is 4.73. The second-order valence-electron chi connectivity index (χ2n) is 26.1. The van der Waals surface area contributed by atoms with Crippen molar-refractivity contribution in [2.45, 2.75) is 36.0 Å². The van der Waals surface area contributed by atoms with Gasteiger partial charge in [0.2, 0.25) is 6.71 Å². The number of rotatable bonds is 8. The van der Waals surface area contributed by atoms with Crippen LogP contribution in [0.1, 0.15) is 31.8 Å². The molecule has 6 heteroatoms. The first kappa shape index (κ1) is 50.4. The SMILES string of the molecule is [2H]c1c([2H])c([2H])c2c(c1[2H])c1cc(C(C)(C)C)ccc1n2-c1cc2c3c(c1)N(c1c(-c4ccccc4)cccc1-c1ccccc1)c1ccc(-c4cccc(-n5c6ccccc6c6ccccc65)c4)cc1B3c1cc(-c3cccc(-n4c5ccccc5c5ccccc54)c3)ccc1S2. The summed E-state index contributed by atoms with van der Waals surface area (Å²) in [6, 6.07) is 106. The van der Waals surface area contributed by atoms with Crippen LogP contribution in [0, 0.1) is 0 Å². The molecule has 0 fully saturated rings. The summed E-state index contributed by atoms with van der Waals surface area (Å²) in [6.07, 6.45) is 0. The molecule has 19 rings (SSSR count). The number of nitrogens with zero attached hydrogens (tertiary/aromatic N) is 4. The number of benzene rings is 14. The standard InChI is InChI=1S/C88H61BN4S/c1-88(2,3)62-45-47-81-73(53-62)72-35-14-19-42-80(72)92(81)65-54-83-86-85(55-65)94-84-48-44-61(59-28-21-30-64(50-59)91-78-40-17-12-33-70(78)71-34-13-18-41-79(71)91)52-75(84)89(86)74-51-60(58-27-20-29-63(49-58)90-76-38-15-10-31-68(76)69-32-11-16-39-77(69)90)43-46-82(74)93(83)87-66(56-23-6-4-7-24-56)36-22-37-67(87)57-25-8-5-9-26-57/h4-55H,1-3H3/i14D,19D,35D,42D. The largest absolute Gasteiger partial charge is 0.310 e. The highest BCUT2D eigenvalue weighted by molar-refractivity contribution is 8.00. The van der Waals surface area contributed by atoms with Crippen LogP contribution in [0.5, 0.6) is 0 Å². The van der Waals surface area contributed by atoms with E-state index >= 15 is 0 Å². The van der Waals surface area contributed by atoms with Crippen molar-refractivity contribution in [1.82, 2.24) is 13.7 Å². The van der Waals surface area contributed by atoms with E-state index in [1.165, 1.54) is 27.0 Å². The van der Waals surface area contributed by atoms with Gasteiger partial charge in [0.05, 0.1) is 44.3 Å². The predicted octanol–water partition coefficient (Wildman–Crippen LogP) is 21.7. The van der Waals surface area contributed by atoms with Gasteiger partial charge in [-0.25, -0.2) is 0 Å². The van der Waals surface area contributed by atoms with E-state index in [9.17, 15) is 4.11 Å². The molecule has 0 saturated carbocycles. The summed E-state index contributed by atoms with van der Waals surface area (Å²) in [5, 5.41) is 6.17. The smallest absolute Gasteiger partial charge is 0.249 e. The molecular formula is C88H61BN4S. The Morgan fingerprint density at radius 2 is 0.809 bits per heavy atom. The van der Waals surface area contributed by atoms with E-state index in [2.05, 4.69) is 331 Å². The molecule has 14 aromatic carbocycles. The van der Waals surface area contributed by atoms with Gasteiger partial charge in [0, 0.05) is 81.7 Å². The number of para-hydroxylation sites is 6. The summed E-state index contributed by atoms with van der Waals surface area (Å²) in [5.41, 5.74) is 25.0. The monoisotopic (exact) mass is 1220 g/mol. The van der Waals surface area contributed by atoms with Crippen LogP contribution in [0.3, 0.4) is 0 Å². The minimum absolute atomic E-state index is 0.0499. The number of hydrogen-bond donors (Lipinski definition) is 0. The number of aromatic nitrogens is 3. The molecule has 94 heavy (non-hydrogen) atoms. The quantitative estimate of drug-likeness (QED) is 0.141. The second-order valence-corrected chi connectivity index (χ2v) is 27.2. The zero-order valence-corrected chi connectivity index (χ0v) is 52.8. The lowest BCUT2D eigenvalue weighted by Crippen LogP contribution is -2.60. The zero-order chi connectivity index (χ0) is 65.8. The average Bonchev–Trinajstić information content (AvgIpc) is 0.762. The van der Waals surface area contributed by atoms with Gasteiger partial charge in [-0.05, 0) is 146 Å². The molecule has 0 unspecified atom stereocenters. The summed E-state index contributed by atoms with van der Waals surface area (Å²) in [6.45, 7) is 6.27. The van der Waals surface area contributed by atoms with Crippen LogP contribution in [0.15, 0.2) is 325 Å². The molecule has 3 aromatic heterocycles. The lowest BCUT2D eigenvalue weighted by atomic mass is 9.34. The number of fused-ring (bicyclic) bond motifs is 13. The Bertz CT molecular complexity index is 6060. The third-order valence-electron chi connectivity index (χ3n) is 19.7. The van der Waals surface area contributed by atoms with Gasteiger partial charge in [-0.1, -0.05) is 262 Å². The fourth-order valence-corrected chi connectivity index (χ4v) is 16.6. The molecule has 0 spiro atoms. The molecule has 0 amide bonds. The molecule has 2 aliphatic rings. The van der Waals surface area contributed by atoms with E-state index in [1.807, 2.05) is 0 Å². The van der Waals surface area contributed by atoms with Crippen LogP contribution >= 0.6 is 11.8 Å². The molecule has 4 nitrogen and oxygen atoms in total. The normalized spacial score (nSPS) is 13.4. The van der Waals surface area contributed by atoms with Gasteiger partial charge in [-0.15, -0.1) is 0 Å². The van der Waals surface area contributed by atoms with E-state index in [-0.39, 0.29) is 36.3 Å². The van der Waals surface area contributed by atoms with Crippen LogP contribution in [-0.2, 0) is 5.41 Å². The number of anilines is 3. The van der Waals surface area contributed by atoms with Crippen LogP contribution in [0.2, 0.25) is 0 Å². The third-order valence-corrected chi connectivity index (χ3v) is 20.9. The summed E-state index contributed by atoms with van der Waals surface area (Å²) >= 11 is 1.78. The lowest BCUT2D eigenvalue weighted by Gasteiger charge is -2.42. The predicted molar refractivity (Wildman–Crippen MR) is 400 cm³/mol. The first-order valence-corrected chi connectivity index (χ1v) is 33.2. The first-order chi connectivity index (χ1) is 47.9. The topological polar surface area (TPSA) is 18.0 Å². The lowest BCUT2D eigenvalue weighted by molar-refractivity contribution is 0.591. The van der Waals surface area contributed by atoms with Gasteiger partial charge < -0.3 is 18.6 Å². The van der Waals surface area contributed by atoms with Crippen LogP contribution in [0.25, 0.3) is 127 Å². The van der Waals surface area contributed by atoms with E-state index in [0.717, 1.165) is 138 Å². The Hall–Kier alpha value is -11.3. The van der Waals surface area contributed by atoms with Gasteiger partial charge in [0.1, 0.15) is 0 Å². The molecule has 17 aromatic rings. The molecule has 0 aliphatic carbocycles. The molecule has 5 heterocycles. The summed E-state index contributed by atoms with van der Waals surface area (Å²) < 4.78 is 44.8. The summed E-state index contributed by atoms with van der Waals surface area (Å²) in [7, 11) is 0. The Kier molecular flexibility index (Phi) is 11.3. The van der Waals surface area contributed by atoms with E-state index in [0.29, 0.717) is 10.9 Å². The van der Waals surface area contributed by atoms with Crippen molar-refractivity contribution in [3.63, 3.8) is 0 Å². The van der Waals surface area contributed by atoms with Gasteiger partial charge in [0.15, 0.2) is 0 Å². The Labute approximate surface area is 556 Å².